The van der Waals surface area contributed by atoms with Crippen molar-refractivity contribution in [1.29, 1.82) is 0 Å². The Balaban J connectivity index is 3.48. The molecule has 0 saturated heterocycles. The zero-order chi connectivity index (χ0) is 14.7. The second-order valence-corrected chi connectivity index (χ2v) is 5.12. The highest BCUT2D eigenvalue weighted by atomic mass is 16.6. The van der Waals surface area contributed by atoms with Crippen LogP contribution in [0.1, 0.15) is 20.8 Å². The molecular weight excluding hydrogens is 250 g/mol. The van der Waals surface area contributed by atoms with Crippen molar-refractivity contribution in [3.63, 3.8) is 0 Å². The largest absolute Gasteiger partial charge is 0.444 e. The third-order valence-electron chi connectivity index (χ3n) is 2.08. The minimum atomic E-state index is -0.471. The predicted molar refractivity (Wildman–Crippen MR) is 72.4 cm³/mol. The topological polar surface area (TPSA) is 57.2 Å². The van der Waals surface area contributed by atoms with Gasteiger partial charge in [0.2, 0.25) is 0 Å². The van der Waals surface area contributed by atoms with Crippen molar-refractivity contribution < 1.29 is 23.7 Å². The molecule has 0 aromatic heterocycles. The molecule has 0 saturated carbocycles. The summed E-state index contributed by atoms with van der Waals surface area (Å²) < 4.78 is 20.6. The van der Waals surface area contributed by atoms with Gasteiger partial charge >= 0.3 is 6.09 Å². The molecule has 0 radical (unpaired) electrons. The molecule has 0 unspecified atom stereocenters. The fourth-order valence-corrected chi connectivity index (χ4v) is 1.10. The molecule has 0 bridgehead atoms. The molecule has 6 nitrogen and oxygen atoms in total. The summed E-state index contributed by atoms with van der Waals surface area (Å²) in [6, 6.07) is 0. The maximum atomic E-state index is 11.6. The van der Waals surface area contributed by atoms with Gasteiger partial charge in [-0.2, -0.15) is 0 Å². The fraction of sp³-hybridized carbons (Fsp3) is 0.923. The second-order valence-electron chi connectivity index (χ2n) is 5.12. The Hall–Kier alpha value is -0.850. The Morgan fingerprint density at radius 2 is 1.53 bits per heavy atom. The average molecular weight is 277 g/mol. The van der Waals surface area contributed by atoms with Gasteiger partial charge in [0.25, 0.3) is 0 Å². The highest BCUT2D eigenvalue weighted by molar-refractivity contribution is 5.67. The van der Waals surface area contributed by atoms with Crippen LogP contribution in [0.25, 0.3) is 0 Å². The SMILES string of the molecule is COCCOCCOCCN(C)C(=O)OC(C)(C)C. The summed E-state index contributed by atoms with van der Waals surface area (Å²) in [7, 11) is 3.32. The number of carbonyl (C=O) groups is 1. The summed E-state index contributed by atoms with van der Waals surface area (Å²) in [5.74, 6) is 0. The second kappa shape index (κ2) is 10.00. The van der Waals surface area contributed by atoms with Crippen LogP contribution in [0, 0.1) is 0 Å². The Bertz CT molecular complexity index is 240. The molecule has 0 spiro atoms. The average Bonchev–Trinajstić information content (AvgIpc) is 2.30. The van der Waals surface area contributed by atoms with E-state index in [1.165, 1.54) is 4.90 Å². The third kappa shape index (κ3) is 11.9. The van der Waals surface area contributed by atoms with Crippen molar-refractivity contribution in [2.75, 3.05) is 53.7 Å². The van der Waals surface area contributed by atoms with E-state index < -0.39 is 5.60 Å². The van der Waals surface area contributed by atoms with Gasteiger partial charge in [-0.25, -0.2) is 4.79 Å². The van der Waals surface area contributed by atoms with E-state index in [4.69, 9.17) is 18.9 Å². The van der Waals surface area contributed by atoms with Crippen molar-refractivity contribution in [2.45, 2.75) is 26.4 Å². The Kier molecular flexibility index (Phi) is 9.55. The summed E-state index contributed by atoms with van der Waals surface area (Å²) in [5.41, 5.74) is -0.471. The van der Waals surface area contributed by atoms with Gasteiger partial charge in [-0.3, -0.25) is 0 Å². The van der Waals surface area contributed by atoms with Gasteiger partial charge in [-0.1, -0.05) is 0 Å². The van der Waals surface area contributed by atoms with Gasteiger partial charge in [0.05, 0.1) is 33.0 Å². The molecule has 0 atom stereocenters. The zero-order valence-electron chi connectivity index (χ0n) is 12.7. The first-order valence-electron chi connectivity index (χ1n) is 6.45. The van der Waals surface area contributed by atoms with Gasteiger partial charge < -0.3 is 23.8 Å². The molecule has 0 N–H and O–H groups in total. The number of ether oxygens (including phenoxy) is 4. The van der Waals surface area contributed by atoms with E-state index >= 15 is 0 Å². The lowest BCUT2D eigenvalue weighted by Crippen LogP contribution is -2.36. The Labute approximate surface area is 115 Å². The van der Waals surface area contributed by atoms with Gasteiger partial charge in [-0.05, 0) is 20.8 Å². The molecule has 6 heteroatoms. The van der Waals surface area contributed by atoms with Gasteiger partial charge in [-0.15, -0.1) is 0 Å². The first-order valence-corrected chi connectivity index (χ1v) is 6.45. The summed E-state index contributed by atoms with van der Waals surface area (Å²) in [6.07, 6.45) is -0.340. The van der Waals surface area contributed by atoms with Crippen LogP contribution in [0.4, 0.5) is 4.79 Å². The molecule has 0 aromatic rings. The summed E-state index contributed by atoms with van der Waals surface area (Å²) >= 11 is 0. The van der Waals surface area contributed by atoms with E-state index in [0.717, 1.165) is 0 Å². The van der Waals surface area contributed by atoms with Crippen LogP contribution < -0.4 is 0 Å². The molecule has 19 heavy (non-hydrogen) atoms. The highest BCUT2D eigenvalue weighted by Gasteiger charge is 2.19. The monoisotopic (exact) mass is 277 g/mol. The smallest absolute Gasteiger partial charge is 0.410 e. The number of amides is 1. The van der Waals surface area contributed by atoms with E-state index in [-0.39, 0.29) is 6.09 Å². The Morgan fingerprint density at radius 3 is 2.05 bits per heavy atom. The molecular formula is C13H27NO5. The number of hydrogen-bond donors (Lipinski definition) is 0. The molecule has 0 rings (SSSR count). The molecule has 1 amide bonds. The summed E-state index contributed by atoms with van der Waals surface area (Å²) in [6.45, 7) is 8.66. The van der Waals surface area contributed by atoms with Gasteiger partial charge in [0.15, 0.2) is 0 Å². The Morgan fingerprint density at radius 1 is 1.00 bits per heavy atom. The number of nitrogens with zero attached hydrogens (tertiary/aromatic N) is 1. The first-order chi connectivity index (χ1) is 8.87. The van der Waals surface area contributed by atoms with Gasteiger partial charge in [0, 0.05) is 20.7 Å². The number of hydrogen-bond acceptors (Lipinski definition) is 5. The minimum Gasteiger partial charge on any atom is -0.444 e. The molecule has 0 heterocycles. The number of likely N-dealkylation sites (N-methyl/N-ethyl adjacent to an activating group) is 1. The molecule has 0 fully saturated rings. The maximum absolute atomic E-state index is 11.6. The van der Waals surface area contributed by atoms with E-state index in [0.29, 0.717) is 39.6 Å². The van der Waals surface area contributed by atoms with Crippen LogP contribution in [-0.2, 0) is 18.9 Å². The number of rotatable bonds is 9. The van der Waals surface area contributed by atoms with Crippen LogP contribution in [-0.4, -0.2) is 70.3 Å². The molecule has 0 aliphatic rings. The lowest BCUT2D eigenvalue weighted by atomic mass is 10.2. The third-order valence-corrected chi connectivity index (χ3v) is 2.08. The lowest BCUT2D eigenvalue weighted by molar-refractivity contribution is 0.00964. The maximum Gasteiger partial charge on any atom is 0.410 e. The van der Waals surface area contributed by atoms with E-state index in [1.807, 2.05) is 20.8 Å². The molecule has 0 aliphatic heterocycles. The summed E-state index contributed by atoms with van der Waals surface area (Å²) in [4.78, 5) is 13.1. The standard InChI is InChI=1S/C13H27NO5/c1-13(2,3)19-12(15)14(4)6-7-17-10-11-18-9-8-16-5/h6-11H2,1-5H3. The first kappa shape index (κ1) is 18.1. The van der Waals surface area contributed by atoms with Crippen molar-refractivity contribution in [1.82, 2.24) is 4.90 Å². The molecule has 114 valence electrons. The van der Waals surface area contributed by atoms with Crippen LogP contribution in [0.3, 0.4) is 0 Å². The number of carbonyl (C=O) groups excluding carboxylic acids is 1. The van der Waals surface area contributed by atoms with Crippen molar-refractivity contribution in [3.8, 4) is 0 Å². The van der Waals surface area contributed by atoms with Crippen molar-refractivity contribution in [2.24, 2.45) is 0 Å². The van der Waals surface area contributed by atoms with E-state index in [9.17, 15) is 4.79 Å². The predicted octanol–water partition coefficient (Wildman–Crippen LogP) is 1.53. The quantitative estimate of drug-likeness (QED) is 0.598. The highest BCUT2D eigenvalue weighted by Crippen LogP contribution is 2.08. The minimum absolute atomic E-state index is 0.340. The summed E-state index contributed by atoms with van der Waals surface area (Å²) in [5, 5.41) is 0. The van der Waals surface area contributed by atoms with Gasteiger partial charge in [0.1, 0.15) is 5.60 Å². The lowest BCUT2D eigenvalue weighted by Gasteiger charge is -2.24. The fourth-order valence-electron chi connectivity index (χ4n) is 1.10. The van der Waals surface area contributed by atoms with Crippen molar-refractivity contribution >= 4 is 6.09 Å². The number of methoxy groups -OCH3 is 1. The van der Waals surface area contributed by atoms with E-state index in [1.54, 1.807) is 14.2 Å². The van der Waals surface area contributed by atoms with Crippen molar-refractivity contribution in [3.05, 3.63) is 0 Å². The molecule has 0 aliphatic carbocycles. The van der Waals surface area contributed by atoms with Crippen LogP contribution in [0.15, 0.2) is 0 Å². The van der Waals surface area contributed by atoms with Crippen LogP contribution in [0.2, 0.25) is 0 Å². The van der Waals surface area contributed by atoms with Crippen LogP contribution in [0.5, 0.6) is 0 Å². The van der Waals surface area contributed by atoms with E-state index in [2.05, 4.69) is 0 Å². The molecule has 0 aromatic carbocycles. The normalized spacial score (nSPS) is 11.4. The van der Waals surface area contributed by atoms with Crippen LogP contribution >= 0.6 is 0 Å². The zero-order valence-corrected chi connectivity index (χ0v) is 12.7.